The van der Waals surface area contributed by atoms with Crippen molar-refractivity contribution in [1.29, 1.82) is 0 Å². The van der Waals surface area contributed by atoms with Gasteiger partial charge in [-0.25, -0.2) is 13.1 Å². The molecule has 0 aliphatic carbocycles. The van der Waals surface area contributed by atoms with Gasteiger partial charge < -0.3 is 10.4 Å². The molecule has 1 fully saturated rings. The van der Waals surface area contributed by atoms with Crippen LogP contribution in [-0.2, 0) is 10.0 Å². The Bertz CT molecular complexity index is 558. The normalized spacial score (nSPS) is 23.8. The van der Waals surface area contributed by atoms with Crippen LogP contribution < -0.4 is 10.0 Å². The Hall–Kier alpha value is -0.950. The number of nitrogens with one attached hydrogen (secondary N) is 2. The highest BCUT2D eigenvalue weighted by Gasteiger charge is 2.30. The molecule has 1 aromatic rings. The molecule has 0 bridgehead atoms. The van der Waals surface area contributed by atoms with Gasteiger partial charge in [-0.05, 0) is 56.5 Å². The van der Waals surface area contributed by atoms with Crippen LogP contribution in [-0.4, -0.2) is 38.8 Å². The molecule has 0 amide bonds. The van der Waals surface area contributed by atoms with Crippen LogP contribution in [0.25, 0.3) is 0 Å². The van der Waals surface area contributed by atoms with Crippen molar-refractivity contribution in [2.45, 2.75) is 37.2 Å². The highest BCUT2D eigenvalue weighted by Crippen LogP contribution is 2.18. The van der Waals surface area contributed by atoms with Gasteiger partial charge in [0.1, 0.15) is 0 Å². The van der Waals surface area contributed by atoms with E-state index in [2.05, 4.69) is 10.0 Å². The summed E-state index contributed by atoms with van der Waals surface area (Å²) >= 11 is 0. The molecular formula is C14H22N2O3S. The second kappa shape index (κ2) is 5.81. The fourth-order valence-corrected chi connectivity index (χ4v) is 3.81. The summed E-state index contributed by atoms with van der Waals surface area (Å²) in [4.78, 5) is 0.252. The van der Waals surface area contributed by atoms with Crippen LogP contribution in [0.1, 0.15) is 24.0 Å². The average Bonchev–Trinajstić information content (AvgIpc) is 2.37. The Morgan fingerprint density at radius 2 is 1.95 bits per heavy atom. The summed E-state index contributed by atoms with van der Waals surface area (Å²) < 4.78 is 27.1. The first kappa shape index (κ1) is 15.4. The minimum atomic E-state index is -3.58. The zero-order valence-corrected chi connectivity index (χ0v) is 12.8. The lowest BCUT2D eigenvalue weighted by Crippen LogP contribution is -2.52. The van der Waals surface area contributed by atoms with Crippen molar-refractivity contribution in [3.8, 4) is 0 Å². The number of aliphatic hydroxyl groups is 1. The number of β-amino-alcohol motifs (C(OH)–C–C–N with tert-alkyl or cyclic N) is 1. The number of sulfonamides is 1. The summed E-state index contributed by atoms with van der Waals surface area (Å²) in [7, 11) is -3.58. The zero-order chi connectivity index (χ0) is 14.8. The van der Waals surface area contributed by atoms with Gasteiger partial charge in [0.05, 0.1) is 10.5 Å². The molecule has 1 aliphatic heterocycles. The van der Waals surface area contributed by atoms with Crippen molar-refractivity contribution in [1.82, 2.24) is 10.0 Å². The topological polar surface area (TPSA) is 78.4 Å². The Kier molecular flexibility index (Phi) is 4.49. The SMILES string of the molecule is Cc1cc(C)cc(S(=O)(=O)NC[C@]2(O)CCCNC2)c1. The Morgan fingerprint density at radius 1 is 1.30 bits per heavy atom. The lowest BCUT2D eigenvalue weighted by Gasteiger charge is -2.32. The zero-order valence-electron chi connectivity index (χ0n) is 11.9. The molecule has 0 radical (unpaired) electrons. The van der Waals surface area contributed by atoms with Crippen molar-refractivity contribution in [2.75, 3.05) is 19.6 Å². The van der Waals surface area contributed by atoms with Crippen LogP contribution >= 0.6 is 0 Å². The number of aryl methyl sites for hydroxylation is 2. The molecule has 0 spiro atoms. The highest BCUT2D eigenvalue weighted by atomic mass is 32.2. The third-order valence-corrected chi connectivity index (χ3v) is 4.93. The first-order valence-electron chi connectivity index (χ1n) is 6.82. The molecule has 0 unspecified atom stereocenters. The quantitative estimate of drug-likeness (QED) is 0.764. The third kappa shape index (κ3) is 3.79. The minimum absolute atomic E-state index is 0.0370. The largest absolute Gasteiger partial charge is 0.387 e. The minimum Gasteiger partial charge on any atom is -0.387 e. The fourth-order valence-electron chi connectivity index (χ4n) is 2.50. The summed E-state index contributed by atoms with van der Waals surface area (Å²) in [5.74, 6) is 0. The van der Waals surface area contributed by atoms with E-state index in [4.69, 9.17) is 0 Å². The van der Waals surface area contributed by atoms with Gasteiger partial charge in [-0.3, -0.25) is 0 Å². The van der Waals surface area contributed by atoms with Crippen molar-refractivity contribution >= 4 is 10.0 Å². The third-order valence-electron chi connectivity index (χ3n) is 3.55. The Morgan fingerprint density at radius 3 is 2.50 bits per heavy atom. The molecule has 1 saturated heterocycles. The van der Waals surface area contributed by atoms with Gasteiger partial charge in [0.25, 0.3) is 0 Å². The molecule has 20 heavy (non-hydrogen) atoms. The Balaban J connectivity index is 2.11. The average molecular weight is 298 g/mol. The van der Waals surface area contributed by atoms with Crippen molar-refractivity contribution in [2.24, 2.45) is 0 Å². The fraction of sp³-hybridized carbons (Fsp3) is 0.571. The summed E-state index contributed by atoms with van der Waals surface area (Å²) in [6, 6.07) is 5.20. The molecule has 6 heteroatoms. The number of rotatable bonds is 4. The molecular weight excluding hydrogens is 276 g/mol. The van der Waals surface area contributed by atoms with E-state index in [0.717, 1.165) is 24.1 Å². The van der Waals surface area contributed by atoms with Crippen molar-refractivity contribution in [3.63, 3.8) is 0 Å². The summed E-state index contributed by atoms with van der Waals surface area (Å²) in [6.45, 7) is 5.05. The predicted octanol–water partition coefficient (Wildman–Crippen LogP) is 0.696. The molecule has 3 N–H and O–H groups in total. The second-order valence-corrected chi connectivity index (χ2v) is 7.42. The van der Waals surface area contributed by atoms with Gasteiger partial charge in [0, 0.05) is 13.1 Å². The first-order chi connectivity index (χ1) is 9.31. The van der Waals surface area contributed by atoms with E-state index >= 15 is 0 Å². The number of hydrogen-bond acceptors (Lipinski definition) is 4. The number of hydrogen-bond donors (Lipinski definition) is 3. The number of benzene rings is 1. The molecule has 112 valence electrons. The summed E-state index contributed by atoms with van der Waals surface area (Å²) in [5.41, 5.74) is 0.816. The van der Waals surface area contributed by atoms with E-state index in [9.17, 15) is 13.5 Å². The number of piperidine rings is 1. The lowest BCUT2D eigenvalue weighted by molar-refractivity contribution is 0.0218. The molecule has 0 saturated carbocycles. The van der Waals surface area contributed by atoms with E-state index in [0.29, 0.717) is 13.0 Å². The van der Waals surface area contributed by atoms with Gasteiger partial charge in [-0.15, -0.1) is 0 Å². The van der Waals surface area contributed by atoms with Crippen molar-refractivity contribution < 1.29 is 13.5 Å². The van der Waals surface area contributed by atoms with Gasteiger partial charge in [0.2, 0.25) is 10.0 Å². The van der Waals surface area contributed by atoms with E-state index in [-0.39, 0.29) is 11.4 Å². The lowest BCUT2D eigenvalue weighted by atomic mass is 9.95. The first-order valence-corrected chi connectivity index (χ1v) is 8.30. The van der Waals surface area contributed by atoms with Crippen LogP contribution in [0.3, 0.4) is 0 Å². The van der Waals surface area contributed by atoms with E-state index in [1.165, 1.54) is 0 Å². The van der Waals surface area contributed by atoms with Crippen LogP contribution in [0.5, 0.6) is 0 Å². The van der Waals surface area contributed by atoms with E-state index in [1.54, 1.807) is 12.1 Å². The highest BCUT2D eigenvalue weighted by molar-refractivity contribution is 7.89. The van der Waals surface area contributed by atoms with Gasteiger partial charge in [0.15, 0.2) is 0 Å². The van der Waals surface area contributed by atoms with Crippen LogP contribution in [0.15, 0.2) is 23.1 Å². The summed E-state index contributed by atoms with van der Waals surface area (Å²) in [5, 5.41) is 13.4. The maximum Gasteiger partial charge on any atom is 0.240 e. The van der Waals surface area contributed by atoms with Gasteiger partial charge in [-0.1, -0.05) is 6.07 Å². The van der Waals surface area contributed by atoms with Crippen LogP contribution in [0.2, 0.25) is 0 Å². The molecule has 5 nitrogen and oxygen atoms in total. The van der Waals surface area contributed by atoms with Crippen LogP contribution in [0.4, 0.5) is 0 Å². The predicted molar refractivity (Wildman–Crippen MR) is 78.2 cm³/mol. The van der Waals surface area contributed by atoms with E-state index in [1.807, 2.05) is 19.9 Å². The standard InChI is InChI=1S/C14H22N2O3S/c1-11-6-12(2)8-13(7-11)20(18,19)16-10-14(17)4-3-5-15-9-14/h6-8,15-17H,3-5,9-10H2,1-2H3/t14-/m0/s1. The molecule has 0 aromatic heterocycles. The molecule has 1 aromatic carbocycles. The smallest absolute Gasteiger partial charge is 0.240 e. The van der Waals surface area contributed by atoms with Crippen LogP contribution in [0, 0.1) is 13.8 Å². The van der Waals surface area contributed by atoms with Gasteiger partial charge in [-0.2, -0.15) is 0 Å². The monoisotopic (exact) mass is 298 g/mol. The summed E-state index contributed by atoms with van der Waals surface area (Å²) in [6.07, 6.45) is 1.46. The molecule has 1 atom stereocenters. The maximum absolute atomic E-state index is 12.3. The molecule has 2 rings (SSSR count). The Labute approximate surface area is 120 Å². The van der Waals surface area contributed by atoms with E-state index < -0.39 is 15.6 Å². The molecule has 1 aliphatic rings. The maximum atomic E-state index is 12.3. The second-order valence-electron chi connectivity index (χ2n) is 5.65. The van der Waals surface area contributed by atoms with Gasteiger partial charge >= 0.3 is 0 Å². The van der Waals surface area contributed by atoms with Crippen molar-refractivity contribution in [3.05, 3.63) is 29.3 Å². The molecule has 1 heterocycles.